The molecule has 20 heavy (non-hydrogen) atoms. The quantitative estimate of drug-likeness (QED) is 0.840. The Hall–Kier alpha value is -1.85. The van der Waals surface area contributed by atoms with Crippen LogP contribution in [0.25, 0.3) is 0 Å². The largest absolute Gasteiger partial charge is 0.444 e. The van der Waals surface area contributed by atoms with Crippen molar-refractivity contribution in [3.63, 3.8) is 0 Å². The fourth-order valence-corrected chi connectivity index (χ4v) is 1.72. The summed E-state index contributed by atoms with van der Waals surface area (Å²) < 4.78 is 6.87. The van der Waals surface area contributed by atoms with Crippen LogP contribution in [-0.4, -0.2) is 27.8 Å². The summed E-state index contributed by atoms with van der Waals surface area (Å²) in [4.78, 5) is 23.0. The SMILES string of the molecule is CC(C)Cn1nccc1C(C=O)NC(=O)OC(C)(C)C. The third kappa shape index (κ3) is 5.03. The van der Waals surface area contributed by atoms with Gasteiger partial charge in [0.1, 0.15) is 17.9 Å². The molecular weight excluding hydrogens is 258 g/mol. The Labute approximate surface area is 119 Å². The first-order valence-electron chi connectivity index (χ1n) is 6.69. The number of nitrogens with one attached hydrogen (secondary N) is 1. The van der Waals surface area contributed by atoms with Crippen LogP contribution in [0.2, 0.25) is 0 Å². The lowest BCUT2D eigenvalue weighted by Crippen LogP contribution is -2.36. The van der Waals surface area contributed by atoms with E-state index >= 15 is 0 Å². The standard InChI is InChI=1S/C14H23N3O3/c1-10(2)8-17-12(6-7-15-17)11(9-18)16-13(19)20-14(3,4)5/h6-7,9-11H,8H2,1-5H3,(H,16,19). The van der Waals surface area contributed by atoms with Crippen molar-refractivity contribution in [2.24, 2.45) is 5.92 Å². The number of aromatic nitrogens is 2. The van der Waals surface area contributed by atoms with Crippen LogP contribution < -0.4 is 5.32 Å². The van der Waals surface area contributed by atoms with E-state index in [0.29, 0.717) is 24.4 Å². The van der Waals surface area contributed by atoms with Gasteiger partial charge < -0.3 is 14.8 Å². The molecule has 0 fully saturated rings. The molecule has 112 valence electrons. The molecule has 0 aliphatic rings. The van der Waals surface area contributed by atoms with Gasteiger partial charge in [0.2, 0.25) is 0 Å². The van der Waals surface area contributed by atoms with Gasteiger partial charge in [-0.25, -0.2) is 4.79 Å². The highest BCUT2D eigenvalue weighted by Gasteiger charge is 2.22. The van der Waals surface area contributed by atoms with Gasteiger partial charge in [-0.2, -0.15) is 5.10 Å². The first-order chi connectivity index (χ1) is 9.23. The van der Waals surface area contributed by atoms with Crippen LogP contribution in [0.5, 0.6) is 0 Å². The van der Waals surface area contributed by atoms with Gasteiger partial charge in [0.15, 0.2) is 0 Å². The molecule has 0 radical (unpaired) electrons. The second kappa shape index (κ2) is 6.54. The first-order valence-corrected chi connectivity index (χ1v) is 6.69. The second-order valence-corrected chi connectivity index (χ2v) is 6.09. The highest BCUT2D eigenvalue weighted by Crippen LogP contribution is 2.14. The molecular formula is C14H23N3O3. The van der Waals surface area contributed by atoms with Gasteiger partial charge in [0, 0.05) is 12.7 Å². The van der Waals surface area contributed by atoms with Crippen LogP contribution in [0.1, 0.15) is 46.4 Å². The summed E-state index contributed by atoms with van der Waals surface area (Å²) >= 11 is 0. The van der Waals surface area contributed by atoms with Crippen molar-refractivity contribution >= 4 is 12.4 Å². The minimum absolute atomic E-state index is 0.391. The van der Waals surface area contributed by atoms with Crippen molar-refractivity contribution in [3.8, 4) is 0 Å². The fraction of sp³-hybridized carbons (Fsp3) is 0.643. The average Bonchev–Trinajstić information content (AvgIpc) is 2.70. The van der Waals surface area contributed by atoms with E-state index in [1.54, 1.807) is 37.7 Å². The maximum absolute atomic E-state index is 11.7. The van der Waals surface area contributed by atoms with Gasteiger partial charge in [-0.3, -0.25) is 4.68 Å². The zero-order chi connectivity index (χ0) is 15.3. The molecule has 0 aliphatic heterocycles. The molecule has 1 rings (SSSR count). The third-order valence-electron chi connectivity index (χ3n) is 2.41. The van der Waals surface area contributed by atoms with Crippen molar-refractivity contribution in [2.75, 3.05) is 0 Å². The van der Waals surface area contributed by atoms with E-state index in [4.69, 9.17) is 4.74 Å². The Balaban J connectivity index is 2.79. The minimum Gasteiger partial charge on any atom is -0.444 e. The minimum atomic E-state index is -0.758. The topological polar surface area (TPSA) is 73.2 Å². The van der Waals surface area contributed by atoms with Crippen molar-refractivity contribution in [2.45, 2.75) is 52.8 Å². The van der Waals surface area contributed by atoms with Gasteiger partial charge >= 0.3 is 6.09 Å². The summed E-state index contributed by atoms with van der Waals surface area (Å²) in [5, 5.41) is 6.72. The van der Waals surface area contributed by atoms with E-state index < -0.39 is 17.7 Å². The summed E-state index contributed by atoms with van der Waals surface area (Å²) in [5.74, 6) is 0.391. The van der Waals surface area contributed by atoms with Gasteiger partial charge in [-0.15, -0.1) is 0 Å². The van der Waals surface area contributed by atoms with Crippen molar-refractivity contribution in [3.05, 3.63) is 18.0 Å². The van der Waals surface area contributed by atoms with E-state index in [1.165, 1.54) is 0 Å². The maximum Gasteiger partial charge on any atom is 0.408 e. The molecule has 0 aromatic carbocycles. The van der Waals surface area contributed by atoms with Crippen molar-refractivity contribution < 1.29 is 14.3 Å². The van der Waals surface area contributed by atoms with Crippen LogP contribution in [0.3, 0.4) is 0 Å². The number of ether oxygens (including phenoxy) is 1. The van der Waals surface area contributed by atoms with Crippen LogP contribution in [0.15, 0.2) is 12.3 Å². The molecule has 0 bridgehead atoms. The molecule has 1 aromatic rings. The Bertz CT molecular complexity index is 460. The molecule has 6 heteroatoms. The average molecular weight is 281 g/mol. The molecule has 1 N–H and O–H groups in total. The van der Waals surface area contributed by atoms with Crippen LogP contribution >= 0.6 is 0 Å². The molecule has 0 saturated heterocycles. The molecule has 1 aromatic heterocycles. The monoisotopic (exact) mass is 281 g/mol. The van der Waals surface area contributed by atoms with Gasteiger partial charge in [0.25, 0.3) is 0 Å². The van der Waals surface area contributed by atoms with Crippen LogP contribution in [0.4, 0.5) is 4.79 Å². The normalized spacial score (nSPS) is 13.1. The lowest BCUT2D eigenvalue weighted by atomic mass is 10.2. The third-order valence-corrected chi connectivity index (χ3v) is 2.41. The fourth-order valence-electron chi connectivity index (χ4n) is 1.72. The Kier molecular flexibility index (Phi) is 5.30. The van der Waals surface area contributed by atoms with Gasteiger partial charge in [-0.05, 0) is 32.8 Å². The van der Waals surface area contributed by atoms with Gasteiger partial charge in [-0.1, -0.05) is 13.8 Å². The lowest BCUT2D eigenvalue weighted by molar-refractivity contribution is -0.109. The summed E-state index contributed by atoms with van der Waals surface area (Å²) in [6.45, 7) is 10.1. The Morgan fingerprint density at radius 3 is 2.65 bits per heavy atom. The summed E-state index contributed by atoms with van der Waals surface area (Å²) in [5.41, 5.74) is 0.0509. The molecule has 6 nitrogen and oxygen atoms in total. The van der Waals surface area contributed by atoms with E-state index in [2.05, 4.69) is 24.3 Å². The molecule has 1 amide bonds. The van der Waals surface area contributed by atoms with Crippen LogP contribution in [-0.2, 0) is 16.1 Å². The van der Waals surface area contributed by atoms with E-state index in [1.807, 2.05) is 0 Å². The predicted octanol–water partition coefficient (Wildman–Crippen LogP) is 2.30. The van der Waals surface area contributed by atoms with E-state index in [0.717, 1.165) is 0 Å². The smallest absolute Gasteiger partial charge is 0.408 e. The van der Waals surface area contributed by atoms with Crippen molar-refractivity contribution in [1.82, 2.24) is 15.1 Å². The maximum atomic E-state index is 11.7. The van der Waals surface area contributed by atoms with Crippen LogP contribution in [0, 0.1) is 5.92 Å². The Morgan fingerprint density at radius 2 is 2.15 bits per heavy atom. The molecule has 0 aliphatic carbocycles. The van der Waals surface area contributed by atoms with Gasteiger partial charge in [0.05, 0.1) is 5.69 Å². The zero-order valence-electron chi connectivity index (χ0n) is 12.7. The highest BCUT2D eigenvalue weighted by atomic mass is 16.6. The number of amides is 1. The van der Waals surface area contributed by atoms with E-state index in [9.17, 15) is 9.59 Å². The number of nitrogens with zero attached hydrogens (tertiary/aromatic N) is 2. The predicted molar refractivity (Wildman–Crippen MR) is 75.2 cm³/mol. The number of aldehydes is 1. The first kappa shape index (κ1) is 16.2. The zero-order valence-corrected chi connectivity index (χ0v) is 12.7. The number of hydrogen-bond acceptors (Lipinski definition) is 4. The number of rotatable bonds is 5. The van der Waals surface area contributed by atoms with E-state index in [-0.39, 0.29) is 0 Å². The van der Waals surface area contributed by atoms with Crippen molar-refractivity contribution in [1.29, 1.82) is 0 Å². The molecule has 1 unspecified atom stereocenters. The number of hydrogen-bond donors (Lipinski definition) is 1. The number of carbonyl (C=O) groups is 2. The summed E-state index contributed by atoms with van der Waals surface area (Å²) in [6.07, 6.45) is 1.68. The Morgan fingerprint density at radius 1 is 1.50 bits per heavy atom. The summed E-state index contributed by atoms with van der Waals surface area (Å²) in [6, 6.07) is 0.963. The molecule has 1 atom stereocenters. The molecule has 1 heterocycles. The highest BCUT2D eigenvalue weighted by molar-refractivity contribution is 5.74. The summed E-state index contributed by atoms with van der Waals surface area (Å²) in [7, 11) is 0. The molecule has 0 saturated carbocycles. The number of carbonyl (C=O) groups excluding carboxylic acids is 2. The second-order valence-electron chi connectivity index (χ2n) is 6.09. The lowest BCUT2D eigenvalue weighted by Gasteiger charge is -2.22. The number of alkyl carbamates (subject to hydrolysis) is 1. The molecule has 0 spiro atoms.